The van der Waals surface area contributed by atoms with Gasteiger partial charge in [0, 0.05) is 5.92 Å². The third-order valence-electron chi connectivity index (χ3n) is 1.49. The summed E-state index contributed by atoms with van der Waals surface area (Å²) in [5, 5.41) is 16.7. The number of aliphatic carboxylic acids is 1. The molecule has 4 nitrogen and oxygen atoms in total. The maximum atomic E-state index is 10.3. The highest BCUT2D eigenvalue weighted by Gasteiger charge is 2.02. The van der Waals surface area contributed by atoms with E-state index in [1.807, 2.05) is 0 Å². The van der Waals surface area contributed by atoms with E-state index in [0.717, 1.165) is 0 Å². The van der Waals surface area contributed by atoms with Gasteiger partial charge in [0.25, 0.3) is 0 Å². The van der Waals surface area contributed by atoms with Gasteiger partial charge < -0.3 is 9.84 Å². The number of carbonyl (C=O) groups is 1. The number of nitriles is 1. The Morgan fingerprint density at radius 3 is 2.87 bits per heavy atom. The van der Waals surface area contributed by atoms with Crippen molar-refractivity contribution in [1.29, 1.82) is 5.26 Å². The minimum Gasteiger partial charge on any atom is -0.481 e. The van der Waals surface area contributed by atoms with E-state index in [9.17, 15) is 4.79 Å². The Morgan fingerprint density at radius 1 is 1.47 bits per heavy atom. The van der Waals surface area contributed by atoms with E-state index in [1.54, 1.807) is 30.3 Å². The van der Waals surface area contributed by atoms with Gasteiger partial charge in [0.2, 0.25) is 0 Å². The average molecular weight is 201 g/mol. The Kier molecular flexibility index (Phi) is 3.76. The molecule has 4 heteroatoms. The first-order chi connectivity index (χ1) is 7.24. The van der Waals surface area contributed by atoms with Crippen LogP contribution in [0, 0.1) is 23.2 Å². The van der Waals surface area contributed by atoms with Crippen molar-refractivity contribution in [2.75, 3.05) is 6.61 Å². The number of para-hydroxylation sites is 1. The number of hydrogen-bond acceptors (Lipinski definition) is 3. The molecule has 1 N–H and O–H groups in total. The SMILES string of the molecule is N#CC#Cc1ccccc1OCC(=O)O. The highest BCUT2D eigenvalue weighted by atomic mass is 16.5. The number of carboxylic acids is 1. The Morgan fingerprint density at radius 2 is 2.20 bits per heavy atom. The van der Waals surface area contributed by atoms with Crippen molar-refractivity contribution < 1.29 is 14.6 Å². The summed E-state index contributed by atoms with van der Waals surface area (Å²) in [6, 6.07) is 8.37. The second-order valence-electron chi connectivity index (χ2n) is 2.54. The van der Waals surface area contributed by atoms with E-state index in [-0.39, 0.29) is 0 Å². The first-order valence-corrected chi connectivity index (χ1v) is 4.08. The number of ether oxygens (including phenoxy) is 1. The van der Waals surface area contributed by atoms with Crippen LogP contribution in [-0.2, 0) is 4.79 Å². The van der Waals surface area contributed by atoms with Crippen LogP contribution in [0.5, 0.6) is 5.75 Å². The zero-order valence-corrected chi connectivity index (χ0v) is 7.73. The molecule has 0 aliphatic carbocycles. The summed E-state index contributed by atoms with van der Waals surface area (Å²) in [7, 11) is 0. The summed E-state index contributed by atoms with van der Waals surface area (Å²) in [5.74, 6) is 4.08. The average Bonchev–Trinajstić information content (AvgIpc) is 2.24. The largest absolute Gasteiger partial charge is 0.481 e. The van der Waals surface area contributed by atoms with E-state index in [2.05, 4.69) is 11.8 Å². The molecule has 1 aromatic carbocycles. The van der Waals surface area contributed by atoms with Crippen LogP contribution in [0.1, 0.15) is 5.56 Å². The molecule has 1 aromatic rings. The van der Waals surface area contributed by atoms with Crippen LogP contribution < -0.4 is 4.74 Å². The predicted molar refractivity (Wildman–Crippen MR) is 52.1 cm³/mol. The molecule has 0 aliphatic rings. The van der Waals surface area contributed by atoms with Gasteiger partial charge in [-0.2, -0.15) is 5.26 Å². The molecule has 0 saturated heterocycles. The molecule has 0 atom stereocenters. The summed E-state index contributed by atoms with van der Waals surface area (Å²) in [6.07, 6.45) is 0. The van der Waals surface area contributed by atoms with E-state index >= 15 is 0 Å². The third kappa shape index (κ3) is 3.41. The highest BCUT2D eigenvalue weighted by Crippen LogP contribution is 2.16. The number of benzene rings is 1. The molecule has 0 aromatic heterocycles. The number of hydrogen-bond donors (Lipinski definition) is 1. The fourth-order valence-corrected chi connectivity index (χ4v) is 0.931. The smallest absolute Gasteiger partial charge is 0.341 e. The molecule has 0 unspecified atom stereocenters. The fraction of sp³-hybridized carbons (Fsp3) is 0.0909. The molecule has 1 rings (SSSR count). The Labute approximate surface area is 86.7 Å². The molecule has 0 spiro atoms. The van der Waals surface area contributed by atoms with Crippen LogP contribution >= 0.6 is 0 Å². The number of nitrogens with zero attached hydrogens (tertiary/aromatic N) is 1. The van der Waals surface area contributed by atoms with Gasteiger partial charge in [0.15, 0.2) is 12.7 Å². The van der Waals surface area contributed by atoms with Crippen molar-refractivity contribution in [3.05, 3.63) is 29.8 Å². The monoisotopic (exact) mass is 201 g/mol. The lowest BCUT2D eigenvalue weighted by Gasteiger charge is -2.04. The van der Waals surface area contributed by atoms with Gasteiger partial charge in [-0.05, 0) is 18.1 Å². The van der Waals surface area contributed by atoms with Crippen molar-refractivity contribution in [2.45, 2.75) is 0 Å². The molecular weight excluding hydrogens is 194 g/mol. The number of rotatable bonds is 3. The molecule has 0 saturated carbocycles. The van der Waals surface area contributed by atoms with Gasteiger partial charge in [-0.25, -0.2) is 4.79 Å². The predicted octanol–water partition coefficient (Wildman–Crippen LogP) is 1.03. The first kappa shape index (κ1) is 10.6. The molecule has 0 amide bonds. The highest BCUT2D eigenvalue weighted by molar-refractivity contribution is 5.68. The zero-order valence-electron chi connectivity index (χ0n) is 7.73. The van der Waals surface area contributed by atoms with E-state index in [4.69, 9.17) is 15.1 Å². The topological polar surface area (TPSA) is 70.3 Å². The maximum Gasteiger partial charge on any atom is 0.341 e. The minimum atomic E-state index is -1.06. The summed E-state index contributed by atoms with van der Waals surface area (Å²) in [6.45, 7) is -0.425. The van der Waals surface area contributed by atoms with Crippen LogP contribution in [0.2, 0.25) is 0 Å². The standard InChI is InChI=1S/C11H7NO3/c12-7-3-5-9-4-1-2-6-10(9)15-8-11(13)14/h1-2,4,6H,8H2,(H,13,14). The minimum absolute atomic E-state index is 0.364. The lowest BCUT2D eigenvalue weighted by molar-refractivity contribution is -0.139. The van der Waals surface area contributed by atoms with Gasteiger partial charge in [-0.1, -0.05) is 12.1 Å². The third-order valence-corrected chi connectivity index (χ3v) is 1.49. The Bertz CT molecular complexity index is 463. The van der Waals surface area contributed by atoms with Crippen LogP contribution in [0.3, 0.4) is 0 Å². The molecule has 74 valence electrons. The van der Waals surface area contributed by atoms with E-state index in [0.29, 0.717) is 11.3 Å². The molecule has 0 fully saturated rings. The van der Waals surface area contributed by atoms with E-state index < -0.39 is 12.6 Å². The lowest BCUT2D eigenvalue weighted by Crippen LogP contribution is -2.10. The van der Waals surface area contributed by atoms with Gasteiger partial charge in [-0.15, -0.1) is 0 Å². The molecular formula is C11H7NO3. The summed E-state index contributed by atoms with van der Waals surface area (Å²) in [4.78, 5) is 10.3. The van der Waals surface area contributed by atoms with Crippen LogP contribution in [-0.4, -0.2) is 17.7 Å². The van der Waals surface area contributed by atoms with Crippen molar-refractivity contribution >= 4 is 5.97 Å². The van der Waals surface area contributed by atoms with Gasteiger partial charge in [-0.3, -0.25) is 0 Å². The molecule has 15 heavy (non-hydrogen) atoms. The second-order valence-corrected chi connectivity index (χ2v) is 2.54. The molecule has 0 bridgehead atoms. The van der Waals surface area contributed by atoms with E-state index in [1.165, 1.54) is 0 Å². The zero-order chi connectivity index (χ0) is 11.1. The molecule has 0 aliphatic heterocycles. The molecule has 0 radical (unpaired) electrons. The molecule has 0 heterocycles. The Balaban J connectivity index is 2.87. The summed E-state index contributed by atoms with van der Waals surface area (Å²) in [5.41, 5.74) is 0.500. The van der Waals surface area contributed by atoms with Crippen LogP contribution in [0.15, 0.2) is 24.3 Å². The summed E-state index contributed by atoms with van der Waals surface area (Å²) < 4.78 is 4.98. The quantitative estimate of drug-likeness (QED) is 0.741. The lowest BCUT2D eigenvalue weighted by atomic mass is 10.2. The Hall–Kier alpha value is -2.46. The van der Waals surface area contributed by atoms with Crippen molar-refractivity contribution in [3.8, 4) is 23.7 Å². The van der Waals surface area contributed by atoms with Crippen LogP contribution in [0.25, 0.3) is 0 Å². The van der Waals surface area contributed by atoms with Gasteiger partial charge in [0.05, 0.1) is 5.56 Å². The first-order valence-electron chi connectivity index (χ1n) is 4.08. The maximum absolute atomic E-state index is 10.3. The van der Waals surface area contributed by atoms with Gasteiger partial charge >= 0.3 is 5.97 Å². The van der Waals surface area contributed by atoms with Gasteiger partial charge in [0.1, 0.15) is 5.75 Å². The summed E-state index contributed by atoms with van der Waals surface area (Å²) >= 11 is 0. The normalized spacial score (nSPS) is 8.20. The van der Waals surface area contributed by atoms with Crippen molar-refractivity contribution in [1.82, 2.24) is 0 Å². The van der Waals surface area contributed by atoms with Crippen molar-refractivity contribution in [3.63, 3.8) is 0 Å². The van der Waals surface area contributed by atoms with Crippen molar-refractivity contribution in [2.24, 2.45) is 0 Å². The fourth-order valence-electron chi connectivity index (χ4n) is 0.931. The van der Waals surface area contributed by atoms with Crippen LogP contribution in [0.4, 0.5) is 0 Å². The second kappa shape index (κ2) is 5.31. The number of carboxylic acid groups (broad SMARTS) is 1.